The molecule has 0 atom stereocenters. The van der Waals surface area contributed by atoms with E-state index in [1.165, 1.54) is 22.7 Å². The monoisotopic (exact) mass is 503 g/mol. The van der Waals surface area contributed by atoms with Crippen LogP contribution in [-0.4, -0.2) is 85.5 Å². The summed E-state index contributed by atoms with van der Waals surface area (Å²) in [7, 11) is -1.50. The Labute approximate surface area is 207 Å². The third-order valence-corrected chi connectivity index (χ3v) is 8.36. The van der Waals surface area contributed by atoms with Gasteiger partial charge in [0, 0.05) is 49.2 Å². The highest BCUT2D eigenvalue weighted by Gasteiger charge is 2.28. The van der Waals surface area contributed by atoms with E-state index in [0.717, 1.165) is 57.3 Å². The van der Waals surface area contributed by atoms with Crippen molar-refractivity contribution < 1.29 is 17.6 Å². The second-order valence-corrected chi connectivity index (χ2v) is 11.5. The van der Waals surface area contributed by atoms with Gasteiger partial charge in [0.15, 0.2) is 0 Å². The number of hydrogen-bond acceptors (Lipinski definition) is 6. The fourth-order valence-electron chi connectivity index (χ4n) is 4.95. The predicted molar refractivity (Wildman–Crippen MR) is 135 cm³/mol. The lowest BCUT2D eigenvalue weighted by molar-refractivity contribution is 0.0749. The van der Waals surface area contributed by atoms with E-state index in [9.17, 15) is 17.6 Å². The summed E-state index contributed by atoms with van der Waals surface area (Å²) in [5.41, 5.74) is 2.13. The SMILES string of the molecule is CN(C1CCN(CCCN2CCCc3c(ccnc3Nc3cccc(F)c3)C2=O)CC1)S(C)(=O)=O. The van der Waals surface area contributed by atoms with Gasteiger partial charge in [-0.25, -0.2) is 22.1 Å². The van der Waals surface area contributed by atoms with Gasteiger partial charge in [-0.3, -0.25) is 4.79 Å². The number of carbonyl (C=O) groups is 1. The largest absolute Gasteiger partial charge is 0.340 e. The van der Waals surface area contributed by atoms with E-state index in [-0.39, 0.29) is 17.8 Å². The van der Waals surface area contributed by atoms with E-state index in [1.54, 1.807) is 31.4 Å². The number of carbonyl (C=O) groups excluding carboxylic acids is 1. The molecular formula is C25H34FN5O3S. The number of likely N-dealkylation sites (tertiary alicyclic amines) is 1. The minimum Gasteiger partial charge on any atom is -0.340 e. The molecule has 1 N–H and O–H groups in total. The van der Waals surface area contributed by atoms with Gasteiger partial charge < -0.3 is 15.1 Å². The number of sulfonamides is 1. The fraction of sp³-hybridized carbons (Fsp3) is 0.520. The van der Waals surface area contributed by atoms with Crippen LogP contribution in [0.3, 0.4) is 0 Å². The van der Waals surface area contributed by atoms with Gasteiger partial charge in [-0.2, -0.15) is 0 Å². The number of hydrogen-bond donors (Lipinski definition) is 1. The van der Waals surface area contributed by atoms with Crippen LogP contribution in [0.2, 0.25) is 0 Å². The quantitative estimate of drug-likeness (QED) is 0.596. The topological polar surface area (TPSA) is 85.8 Å². The fourth-order valence-corrected chi connectivity index (χ4v) is 5.70. The molecule has 3 heterocycles. The maximum Gasteiger partial charge on any atom is 0.254 e. The summed E-state index contributed by atoms with van der Waals surface area (Å²) >= 11 is 0. The van der Waals surface area contributed by atoms with Crippen molar-refractivity contribution in [3.8, 4) is 0 Å². The predicted octanol–water partition coefficient (Wildman–Crippen LogP) is 3.10. The Balaban J connectivity index is 1.32. The molecule has 4 rings (SSSR count). The van der Waals surface area contributed by atoms with Gasteiger partial charge in [0.1, 0.15) is 11.6 Å². The molecular weight excluding hydrogens is 469 g/mol. The van der Waals surface area contributed by atoms with Crippen LogP contribution in [-0.2, 0) is 16.4 Å². The summed E-state index contributed by atoms with van der Waals surface area (Å²) in [5, 5.41) is 3.17. The number of piperidine rings is 1. The molecule has 0 unspecified atom stereocenters. The lowest BCUT2D eigenvalue weighted by atomic mass is 10.0. The van der Waals surface area contributed by atoms with E-state index in [1.807, 2.05) is 4.90 Å². The molecule has 0 spiro atoms. The molecule has 10 heteroatoms. The number of amides is 1. The van der Waals surface area contributed by atoms with Crippen LogP contribution in [0.4, 0.5) is 15.9 Å². The van der Waals surface area contributed by atoms with Gasteiger partial charge in [-0.1, -0.05) is 6.07 Å². The number of rotatable bonds is 8. The second-order valence-electron chi connectivity index (χ2n) is 9.42. The zero-order valence-electron chi connectivity index (χ0n) is 20.4. The van der Waals surface area contributed by atoms with E-state index in [2.05, 4.69) is 15.2 Å². The first-order valence-electron chi connectivity index (χ1n) is 12.2. The third-order valence-electron chi connectivity index (χ3n) is 7.01. The number of fused-ring (bicyclic) bond motifs is 1. The van der Waals surface area contributed by atoms with Crippen molar-refractivity contribution in [3.05, 3.63) is 53.5 Å². The highest BCUT2D eigenvalue weighted by atomic mass is 32.2. The van der Waals surface area contributed by atoms with Crippen LogP contribution >= 0.6 is 0 Å². The number of aromatic nitrogens is 1. The third kappa shape index (κ3) is 6.36. The van der Waals surface area contributed by atoms with Crippen molar-refractivity contribution >= 4 is 27.4 Å². The molecule has 0 aliphatic carbocycles. The lowest BCUT2D eigenvalue weighted by Gasteiger charge is -2.36. The molecule has 35 heavy (non-hydrogen) atoms. The molecule has 0 radical (unpaired) electrons. The molecule has 190 valence electrons. The van der Waals surface area contributed by atoms with Crippen LogP contribution in [0.15, 0.2) is 36.5 Å². The Morgan fingerprint density at radius 1 is 1.17 bits per heavy atom. The molecule has 2 aromatic rings. The zero-order valence-corrected chi connectivity index (χ0v) is 21.2. The average Bonchev–Trinajstić information content (AvgIpc) is 2.98. The van der Waals surface area contributed by atoms with Gasteiger partial charge in [-0.15, -0.1) is 0 Å². The molecule has 8 nitrogen and oxygen atoms in total. The zero-order chi connectivity index (χ0) is 25.0. The summed E-state index contributed by atoms with van der Waals surface area (Å²) in [6.45, 7) is 3.98. The smallest absolute Gasteiger partial charge is 0.254 e. The van der Waals surface area contributed by atoms with Crippen molar-refractivity contribution in [3.63, 3.8) is 0 Å². The standard InChI is InChI=1S/C25H34FN5O3S/c1-29(35(2,33)34)21-10-16-30(17-11-21)13-5-15-31-14-4-8-22-23(25(31)32)9-12-27-24(22)28-20-7-3-6-19(26)18-20/h3,6-7,9,12,18,21H,4-5,8,10-11,13-17H2,1-2H3,(H,27,28). The Morgan fingerprint density at radius 2 is 1.94 bits per heavy atom. The van der Waals surface area contributed by atoms with Crippen molar-refractivity contribution in [2.75, 3.05) is 51.3 Å². The molecule has 2 aliphatic heterocycles. The van der Waals surface area contributed by atoms with E-state index < -0.39 is 10.0 Å². The first-order valence-corrected chi connectivity index (χ1v) is 14.0. The van der Waals surface area contributed by atoms with Gasteiger partial charge in [0.25, 0.3) is 5.91 Å². The lowest BCUT2D eigenvalue weighted by Crippen LogP contribution is -2.45. The summed E-state index contributed by atoms with van der Waals surface area (Å²) in [5.74, 6) is 0.284. The summed E-state index contributed by atoms with van der Waals surface area (Å²) in [6.07, 6.45) is 6.97. The van der Waals surface area contributed by atoms with Crippen LogP contribution in [0.25, 0.3) is 0 Å². The van der Waals surface area contributed by atoms with E-state index in [0.29, 0.717) is 30.2 Å². The van der Waals surface area contributed by atoms with E-state index >= 15 is 0 Å². The first-order chi connectivity index (χ1) is 16.7. The molecule has 1 saturated heterocycles. The summed E-state index contributed by atoms with van der Waals surface area (Å²) < 4.78 is 38.6. The normalized spacial score (nSPS) is 17.9. The van der Waals surface area contributed by atoms with Crippen molar-refractivity contribution in [2.24, 2.45) is 0 Å². The van der Waals surface area contributed by atoms with Crippen molar-refractivity contribution in [1.82, 2.24) is 19.1 Å². The average molecular weight is 504 g/mol. The van der Waals surface area contributed by atoms with Crippen LogP contribution < -0.4 is 5.32 Å². The van der Waals surface area contributed by atoms with Crippen LogP contribution in [0.1, 0.15) is 41.6 Å². The van der Waals surface area contributed by atoms with Crippen LogP contribution in [0.5, 0.6) is 0 Å². The maximum absolute atomic E-state index is 13.6. The molecule has 0 saturated carbocycles. The van der Waals surface area contributed by atoms with Gasteiger partial charge >= 0.3 is 0 Å². The molecule has 2 aliphatic rings. The molecule has 1 fully saturated rings. The van der Waals surface area contributed by atoms with Gasteiger partial charge in [0.05, 0.1) is 6.26 Å². The first kappa shape index (κ1) is 25.5. The molecule has 1 aromatic carbocycles. The van der Waals surface area contributed by atoms with Gasteiger partial charge in [-0.05, 0) is 76.0 Å². The highest BCUT2D eigenvalue weighted by molar-refractivity contribution is 7.88. The van der Waals surface area contributed by atoms with E-state index in [4.69, 9.17) is 0 Å². The highest BCUT2D eigenvalue weighted by Crippen LogP contribution is 2.27. The van der Waals surface area contributed by atoms with Crippen molar-refractivity contribution in [2.45, 2.75) is 38.1 Å². The van der Waals surface area contributed by atoms with Crippen LogP contribution in [0, 0.1) is 5.82 Å². The number of anilines is 2. The molecule has 1 aromatic heterocycles. The maximum atomic E-state index is 13.6. The second kappa shape index (κ2) is 11.0. The number of halogens is 1. The van der Waals surface area contributed by atoms with Crippen molar-refractivity contribution in [1.29, 1.82) is 0 Å². The summed E-state index contributed by atoms with van der Waals surface area (Å²) in [4.78, 5) is 22.0. The Hall–Kier alpha value is -2.56. The Kier molecular flexibility index (Phi) is 8.03. The Morgan fingerprint density at radius 3 is 2.66 bits per heavy atom. The molecule has 1 amide bonds. The number of benzene rings is 1. The minimum atomic E-state index is -3.16. The minimum absolute atomic E-state index is 0.00989. The number of nitrogens with zero attached hydrogens (tertiary/aromatic N) is 4. The number of nitrogens with one attached hydrogen (secondary N) is 1. The summed E-state index contributed by atoms with van der Waals surface area (Å²) in [6, 6.07) is 8.05. The number of pyridine rings is 1. The Bertz CT molecular complexity index is 1150. The van der Waals surface area contributed by atoms with Gasteiger partial charge in [0.2, 0.25) is 10.0 Å². The molecule has 0 bridgehead atoms.